The normalized spacial score (nSPS) is 13.9. The summed E-state index contributed by atoms with van der Waals surface area (Å²) in [5.41, 5.74) is 1.06. The van der Waals surface area contributed by atoms with Crippen molar-refractivity contribution in [1.82, 2.24) is 4.98 Å². The van der Waals surface area contributed by atoms with Crippen molar-refractivity contribution in [3.8, 4) is 0 Å². The van der Waals surface area contributed by atoms with Gasteiger partial charge in [-0.15, -0.1) is 11.3 Å². The summed E-state index contributed by atoms with van der Waals surface area (Å²) >= 11 is 1.75. The largest absolute Gasteiger partial charge is 0.368 e. The van der Waals surface area contributed by atoms with Crippen LogP contribution in [0.4, 0.5) is 0 Å². The molecule has 0 fully saturated rings. The fourth-order valence-corrected chi connectivity index (χ4v) is 3.26. The second kappa shape index (κ2) is 6.50. The highest BCUT2D eigenvalue weighted by molar-refractivity contribution is 7.09. The third-order valence-corrected chi connectivity index (χ3v) is 4.64. The molecule has 0 radical (unpaired) electrons. The molecule has 2 nitrogen and oxygen atoms in total. The molecule has 0 amide bonds. The van der Waals surface area contributed by atoms with Crippen molar-refractivity contribution >= 4 is 11.3 Å². The fraction of sp³-hybridized carbons (Fsp3) is 0.786. The highest BCUT2D eigenvalue weighted by Crippen LogP contribution is 2.36. The molecule has 1 atom stereocenters. The minimum Gasteiger partial charge on any atom is -0.368 e. The number of nitrogens with zero attached hydrogens (tertiary/aromatic N) is 1. The Bertz CT molecular complexity index is 331. The van der Waals surface area contributed by atoms with Gasteiger partial charge in [-0.25, -0.2) is 4.98 Å². The zero-order chi connectivity index (χ0) is 12.9. The molecule has 0 aliphatic heterocycles. The zero-order valence-electron chi connectivity index (χ0n) is 11.7. The van der Waals surface area contributed by atoms with E-state index in [0.29, 0.717) is 5.92 Å². The van der Waals surface area contributed by atoms with Crippen LogP contribution in [-0.2, 0) is 10.3 Å². The van der Waals surface area contributed by atoms with Crippen LogP contribution in [0.5, 0.6) is 0 Å². The van der Waals surface area contributed by atoms with E-state index in [1.54, 1.807) is 11.3 Å². The number of hydrogen-bond acceptors (Lipinski definition) is 3. The van der Waals surface area contributed by atoms with Crippen LogP contribution in [0, 0.1) is 0 Å². The van der Waals surface area contributed by atoms with Gasteiger partial charge >= 0.3 is 0 Å². The Balaban J connectivity index is 2.99. The lowest BCUT2D eigenvalue weighted by atomic mass is 9.97. The van der Waals surface area contributed by atoms with Gasteiger partial charge < -0.3 is 4.74 Å². The van der Waals surface area contributed by atoms with Crippen molar-refractivity contribution in [2.75, 3.05) is 6.61 Å². The molecule has 0 saturated heterocycles. The van der Waals surface area contributed by atoms with Gasteiger partial charge in [0.2, 0.25) is 0 Å². The Kier molecular flexibility index (Phi) is 5.60. The highest BCUT2D eigenvalue weighted by Gasteiger charge is 2.32. The molecule has 17 heavy (non-hydrogen) atoms. The van der Waals surface area contributed by atoms with Gasteiger partial charge in [-0.3, -0.25) is 0 Å². The van der Waals surface area contributed by atoms with Crippen molar-refractivity contribution in [3.05, 3.63) is 16.1 Å². The monoisotopic (exact) mass is 255 g/mol. The van der Waals surface area contributed by atoms with Gasteiger partial charge in [0.25, 0.3) is 0 Å². The topological polar surface area (TPSA) is 22.1 Å². The molecule has 0 aliphatic rings. The maximum absolute atomic E-state index is 5.99. The molecule has 0 saturated carbocycles. The average molecular weight is 255 g/mol. The smallest absolute Gasteiger partial charge is 0.125 e. The Hall–Kier alpha value is -0.410. The zero-order valence-corrected chi connectivity index (χ0v) is 12.6. The second-order valence-corrected chi connectivity index (χ2v) is 5.38. The number of ether oxygens (including phenoxy) is 1. The van der Waals surface area contributed by atoms with E-state index in [4.69, 9.17) is 9.72 Å². The Morgan fingerprint density at radius 3 is 2.41 bits per heavy atom. The third kappa shape index (κ3) is 3.08. The Labute approximate surface area is 109 Å². The summed E-state index contributed by atoms with van der Waals surface area (Å²) in [4.78, 5) is 4.81. The molecule has 98 valence electrons. The van der Waals surface area contributed by atoms with Crippen molar-refractivity contribution < 1.29 is 4.74 Å². The van der Waals surface area contributed by atoms with E-state index < -0.39 is 0 Å². The summed E-state index contributed by atoms with van der Waals surface area (Å²) < 4.78 is 5.99. The molecule has 0 bridgehead atoms. The Morgan fingerprint density at radius 2 is 1.94 bits per heavy atom. The SMILES string of the molecule is CCOC(CC)(CC)c1nc(C(C)CC)cs1. The van der Waals surface area contributed by atoms with Crippen LogP contribution in [0.2, 0.25) is 0 Å². The number of hydrogen-bond donors (Lipinski definition) is 0. The molecule has 3 heteroatoms. The van der Waals surface area contributed by atoms with Crippen LogP contribution in [0.1, 0.15) is 70.5 Å². The highest BCUT2D eigenvalue weighted by atomic mass is 32.1. The molecular weight excluding hydrogens is 230 g/mol. The summed E-state index contributed by atoms with van der Waals surface area (Å²) in [6.45, 7) is 11.6. The summed E-state index contributed by atoms with van der Waals surface area (Å²) in [7, 11) is 0. The van der Waals surface area contributed by atoms with Crippen molar-refractivity contribution in [3.63, 3.8) is 0 Å². The first-order valence-electron chi connectivity index (χ1n) is 6.73. The van der Waals surface area contributed by atoms with E-state index in [1.807, 2.05) is 0 Å². The standard InChI is InChI=1S/C14H25NOS/c1-6-11(5)12-10-17-13(15-12)14(7-2,8-3)16-9-4/h10-11H,6-9H2,1-5H3. The quantitative estimate of drug-likeness (QED) is 0.704. The van der Waals surface area contributed by atoms with Gasteiger partial charge in [-0.2, -0.15) is 0 Å². The molecule has 1 unspecified atom stereocenters. The molecular formula is C14H25NOS. The van der Waals surface area contributed by atoms with Gasteiger partial charge in [0.1, 0.15) is 10.6 Å². The van der Waals surface area contributed by atoms with Crippen molar-refractivity contribution in [1.29, 1.82) is 0 Å². The first-order valence-corrected chi connectivity index (χ1v) is 7.61. The van der Waals surface area contributed by atoms with Crippen LogP contribution in [-0.4, -0.2) is 11.6 Å². The summed E-state index contributed by atoms with van der Waals surface area (Å²) in [6, 6.07) is 0. The lowest BCUT2D eigenvalue weighted by Gasteiger charge is -2.29. The van der Waals surface area contributed by atoms with E-state index in [1.165, 1.54) is 5.69 Å². The van der Waals surface area contributed by atoms with Gasteiger partial charge in [-0.05, 0) is 32.1 Å². The van der Waals surface area contributed by atoms with E-state index in [2.05, 4.69) is 40.0 Å². The maximum Gasteiger partial charge on any atom is 0.125 e. The van der Waals surface area contributed by atoms with Gasteiger partial charge in [0, 0.05) is 12.0 Å². The minimum absolute atomic E-state index is 0.162. The predicted octanol–water partition coefficient (Wildman–Crippen LogP) is 4.71. The number of rotatable bonds is 7. The van der Waals surface area contributed by atoms with E-state index >= 15 is 0 Å². The van der Waals surface area contributed by atoms with Crippen molar-refractivity contribution in [2.24, 2.45) is 0 Å². The van der Waals surface area contributed by atoms with Crippen LogP contribution >= 0.6 is 11.3 Å². The lowest BCUT2D eigenvalue weighted by molar-refractivity contribution is -0.0507. The first-order chi connectivity index (χ1) is 8.13. The van der Waals surface area contributed by atoms with Crippen LogP contribution in [0.25, 0.3) is 0 Å². The van der Waals surface area contributed by atoms with Crippen LogP contribution < -0.4 is 0 Å². The molecule has 1 aromatic heterocycles. The number of thiazole rings is 1. The van der Waals surface area contributed by atoms with Gasteiger partial charge in [-0.1, -0.05) is 27.7 Å². The van der Waals surface area contributed by atoms with E-state index in [9.17, 15) is 0 Å². The van der Waals surface area contributed by atoms with Crippen LogP contribution in [0.3, 0.4) is 0 Å². The van der Waals surface area contributed by atoms with Gasteiger partial charge in [0.15, 0.2) is 0 Å². The molecule has 1 aromatic rings. The molecule has 1 heterocycles. The third-order valence-electron chi connectivity index (χ3n) is 3.59. The second-order valence-electron chi connectivity index (χ2n) is 4.52. The molecule has 1 rings (SSSR count). The maximum atomic E-state index is 5.99. The van der Waals surface area contributed by atoms with Crippen LogP contribution in [0.15, 0.2) is 5.38 Å². The summed E-state index contributed by atoms with van der Waals surface area (Å²) in [5.74, 6) is 0.549. The average Bonchev–Trinajstić information content (AvgIpc) is 2.85. The molecule has 0 spiro atoms. The first kappa shape index (κ1) is 14.7. The minimum atomic E-state index is -0.162. The van der Waals surface area contributed by atoms with Gasteiger partial charge in [0.05, 0.1) is 5.69 Å². The molecule has 0 aromatic carbocycles. The fourth-order valence-electron chi connectivity index (χ4n) is 2.03. The summed E-state index contributed by atoms with van der Waals surface area (Å²) in [5, 5.41) is 3.35. The van der Waals surface area contributed by atoms with Crippen molar-refractivity contribution in [2.45, 2.75) is 65.4 Å². The predicted molar refractivity (Wildman–Crippen MR) is 74.7 cm³/mol. The van der Waals surface area contributed by atoms with E-state index in [-0.39, 0.29) is 5.60 Å². The van der Waals surface area contributed by atoms with E-state index in [0.717, 1.165) is 30.9 Å². The number of aromatic nitrogens is 1. The molecule has 0 aliphatic carbocycles. The summed E-state index contributed by atoms with van der Waals surface area (Å²) in [6.07, 6.45) is 3.12. The Morgan fingerprint density at radius 1 is 1.29 bits per heavy atom. The molecule has 0 N–H and O–H groups in total. The lowest BCUT2D eigenvalue weighted by Crippen LogP contribution is -2.28.